The standard InChI is InChI=1S/C18H13BrF2N2O3/c19-14-5-6-15(26-18(20)21)13(7-14)8-23-17(24)12-3-1-11(2-4-12)16-9-22-10-25-16/h1-7,9-10,18H,8H2,(H,23,24). The van der Waals surface area contributed by atoms with Gasteiger partial charge in [-0.25, -0.2) is 4.98 Å². The van der Waals surface area contributed by atoms with Crippen LogP contribution in [0, 0.1) is 0 Å². The second-order valence-electron chi connectivity index (χ2n) is 5.26. The number of benzene rings is 2. The molecule has 0 radical (unpaired) electrons. The molecule has 1 aromatic heterocycles. The summed E-state index contributed by atoms with van der Waals surface area (Å²) in [5.74, 6) is 0.279. The van der Waals surface area contributed by atoms with Crippen molar-refractivity contribution in [2.45, 2.75) is 13.2 Å². The quantitative estimate of drug-likeness (QED) is 0.628. The summed E-state index contributed by atoms with van der Waals surface area (Å²) in [5, 5.41) is 2.69. The molecule has 8 heteroatoms. The Balaban J connectivity index is 1.68. The first-order valence-corrected chi connectivity index (χ1v) is 8.32. The minimum absolute atomic E-state index is 0.0177. The maximum Gasteiger partial charge on any atom is 0.387 e. The van der Waals surface area contributed by atoms with Crippen LogP contribution in [-0.2, 0) is 6.54 Å². The summed E-state index contributed by atoms with van der Waals surface area (Å²) >= 11 is 3.27. The Bertz CT molecular complexity index is 884. The zero-order chi connectivity index (χ0) is 18.5. The molecule has 1 amide bonds. The molecule has 0 bridgehead atoms. The maximum absolute atomic E-state index is 12.5. The van der Waals surface area contributed by atoms with E-state index in [-0.39, 0.29) is 18.2 Å². The van der Waals surface area contributed by atoms with Crippen LogP contribution >= 0.6 is 15.9 Å². The molecule has 0 atom stereocenters. The van der Waals surface area contributed by atoms with E-state index in [0.29, 0.717) is 21.4 Å². The Morgan fingerprint density at radius 2 is 2.00 bits per heavy atom. The van der Waals surface area contributed by atoms with Gasteiger partial charge in [0.1, 0.15) is 5.75 Å². The van der Waals surface area contributed by atoms with Gasteiger partial charge < -0.3 is 14.5 Å². The molecule has 1 heterocycles. The van der Waals surface area contributed by atoms with E-state index in [2.05, 4.69) is 31.0 Å². The smallest absolute Gasteiger partial charge is 0.387 e. The fraction of sp³-hybridized carbons (Fsp3) is 0.111. The molecule has 3 aromatic rings. The Kier molecular flexibility index (Phi) is 5.62. The third-order valence-electron chi connectivity index (χ3n) is 3.54. The SMILES string of the molecule is O=C(NCc1cc(Br)ccc1OC(F)F)c1ccc(-c2cnco2)cc1. The Morgan fingerprint density at radius 3 is 2.65 bits per heavy atom. The molecule has 26 heavy (non-hydrogen) atoms. The van der Waals surface area contributed by atoms with Gasteiger partial charge in [0.25, 0.3) is 5.91 Å². The highest BCUT2D eigenvalue weighted by Gasteiger charge is 2.12. The fourth-order valence-electron chi connectivity index (χ4n) is 2.32. The van der Waals surface area contributed by atoms with Crippen LogP contribution in [0.5, 0.6) is 5.75 Å². The molecule has 1 N–H and O–H groups in total. The summed E-state index contributed by atoms with van der Waals surface area (Å²) in [7, 11) is 0. The van der Waals surface area contributed by atoms with Crippen LogP contribution in [0.1, 0.15) is 15.9 Å². The lowest BCUT2D eigenvalue weighted by molar-refractivity contribution is -0.0504. The summed E-state index contributed by atoms with van der Waals surface area (Å²) < 4.78 is 35.3. The lowest BCUT2D eigenvalue weighted by Gasteiger charge is -2.12. The number of rotatable bonds is 6. The van der Waals surface area contributed by atoms with Crippen molar-refractivity contribution in [2.75, 3.05) is 0 Å². The third kappa shape index (κ3) is 4.45. The molecule has 0 saturated carbocycles. The lowest BCUT2D eigenvalue weighted by Crippen LogP contribution is -2.23. The van der Waals surface area contributed by atoms with E-state index >= 15 is 0 Å². The van der Waals surface area contributed by atoms with Gasteiger partial charge in [-0.2, -0.15) is 8.78 Å². The van der Waals surface area contributed by atoms with Gasteiger partial charge in [-0.3, -0.25) is 4.79 Å². The third-order valence-corrected chi connectivity index (χ3v) is 4.04. The van der Waals surface area contributed by atoms with E-state index in [1.807, 2.05) is 0 Å². The minimum Gasteiger partial charge on any atom is -0.444 e. The second kappa shape index (κ2) is 8.09. The van der Waals surface area contributed by atoms with E-state index < -0.39 is 6.61 Å². The number of hydrogen-bond acceptors (Lipinski definition) is 4. The molecule has 3 rings (SSSR count). The highest BCUT2D eigenvalue weighted by atomic mass is 79.9. The summed E-state index contributed by atoms with van der Waals surface area (Å²) in [5.41, 5.74) is 1.66. The molecule has 2 aromatic carbocycles. The van der Waals surface area contributed by atoms with Gasteiger partial charge >= 0.3 is 6.61 Å². The van der Waals surface area contributed by atoms with Gasteiger partial charge in [-0.1, -0.05) is 28.1 Å². The number of amides is 1. The molecule has 0 saturated heterocycles. The molecule has 0 aliphatic carbocycles. The monoisotopic (exact) mass is 422 g/mol. The van der Waals surface area contributed by atoms with Crippen LogP contribution in [0.3, 0.4) is 0 Å². The largest absolute Gasteiger partial charge is 0.444 e. The van der Waals surface area contributed by atoms with Crippen LogP contribution in [0.25, 0.3) is 11.3 Å². The average molecular weight is 423 g/mol. The maximum atomic E-state index is 12.5. The van der Waals surface area contributed by atoms with Crippen molar-refractivity contribution < 1.29 is 22.7 Å². The number of hydrogen-bond donors (Lipinski definition) is 1. The number of halogens is 3. The van der Waals surface area contributed by atoms with E-state index in [0.717, 1.165) is 5.56 Å². The first-order valence-electron chi connectivity index (χ1n) is 7.53. The summed E-state index contributed by atoms with van der Waals surface area (Å²) in [6.45, 7) is -2.89. The van der Waals surface area contributed by atoms with Gasteiger partial charge in [0, 0.05) is 27.7 Å². The Labute approximate surface area is 156 Å². The molecular formula is C18H13BrF2N2O3. The molecule has 134 valence electrons. The summed E-state index contributed by atoms with van der Waals surface area (Å²) in [6, 6.07) is 11.4. The van der Waals surface area contributed by atoms with Crippen LogP contribution in [-0.4, -0.2) is 17.5 Å². The molecule has 5 nitrogen and oxygen atoms in total. The Morgan fingerprint density at radius 1 is 1.23 bits per heavy atom. The number of nitrogens with one attached hydrogen (secondary N) is 1. The van der Waals surface area contributed by atoms with Crippen LogP contribution in [0.15, 0.2) is 63.9 Å². The number of oxazole rings is 1. The first-order chi connectivity index (χ1) is 12.5. The molecular weight excluding hydrogens is 410 g/mol. The van der Waals surface area contributed by atoms with Crippen molar-refractivity contribution in [3.63, 3.8) is 0 Å². The molecule has 0 unspecified atom stereocenters. The number of nitrogens with zero attached hydrogens (tertiary/aromatic N) is 1. The number of carbonyl (C=O) groups is 1. The fourth-order valence-corrected chi connectivity index (χ4v) is 2.73. The van der Waals surface area contributed by atoms with Gasteiger partial charge in [0.15, 0.2) is 12.2 Å². The molecule has 0 fully saturated rings. The van der Waals surface area contributed by atoms with Crippen molar-refractivity contribution in [3.8, 4) is 17.1 Å². The summed E-state index contributed by atoms with van der Waals surface area (Å²) in [6.07, 6.45) is 2.90. The number of aromatic nitrogens is 1. The van der Waals surface area contributed by atoms with Gasteiger partial charge in [-0.05, 0) is 30.3 Å². The van der Waals surface area contributed by atoms with Crippen LogP contribution in [0.4, 0.5) is 8.78 Å². The first kappa shape index (κ1) is 18.1. The van der Waals surface area contributed by atoms with E-state index in [1.54, 1.807) is 42.6 Å². The van der Waals surface area contributed by atoms with Crippen LogP contribution in [0.2, 0.25) is 0 Å². The van der Waals surface area contributed by atoms with Crippen molar-refractivity contribution in [3.05, 3.63) is 70.7 Å². The molecule has 0 aliphatic rings. The normalized spacial score (nSPS) is 10.8. The lowest BCUT2D eigenvalue weighted by atomic mass is 10.1. The molecule has 0 spiro atoms. The van der Waals surface area contributed by atoms with E-state index in [4.69, 9.17) is 4.42 Å². The minimum atomic E-state index is -2.94. The van der Waals surface area contributed by atoms with Crippen LogP contribution < -0.4 is 10.1 Å². The van der Waals surface area contributed by atoms with Crippen molar-refractivity contribution >= 4 is 21.8 Å². The summed E-state index contributed by atoms with van der Waals surface area (Å²) in [4.78, 5) is 16.1. The predicted octanol–water partition coefficient (Wildman–Crippen LogP) is 4.64. The second-order valence-corrected chi connectivity index (χ2v) is 6.17. The zero-order valence-electron chi connectivity index (χ0n) is 13.3. The van der Waals surface area contributed by atoms with Crippen molar-refractivity contribution in [1.29, 1.82) is 0 Å². The number of ether oxygens (including phenoxy) is 1. The van der Waals surface area contributed by atoms with Gasteiger partial charge in [0.05, 0.1) is 6.20 Å². The average Bonchev–Trinajstić information content (AvgIpc) is 3.16. The predicted molar refractivity (Wildman–Crippen MR) is 93.9 cm³/mol. The van der Waals surface area contributed by atoms with Gasteiger partial charge in [-0.15, -0.1) is 0 Å². The zero-order valence-corrected chi connectivity index (χ0v) is 14.9. The molecule has 0 aliphatic heterocycles. The van der Waals surface area contributed by atoms with Crippen molar-refractivity contribution in [1.82, 2.24) is 10.3 Å². The van der Waals surface area contributed by atoms with Gasteiger partial charge in [0.2, 0.25) is 0 Å². The van der Waals surface area contributed by atoms with E-state index in [9.17, 15) is 13.6 Å². The Hall–Kier alpha value is -2.74. The van der Waals surface area contributed by atoms with E-state index in [1.165, 1.54) is 12.5 Å². The highest BCUT2D eigenvalue weighted by molar-refractivity contribution is 9.10. The number of alkyl halides is 2. The number of carbonyl (C=O) groups excluding carboxylic acids is 1. The van der Waals surface area contributed by atoms with Crippen molar-refractivity contribution in [2.24, 2.45) is 0 Å². The topological polar surface area (TPSA) is 64.4 Å². The highest BCUT2D eigenvalue weighted by Crippen LogP contribution is 2.25.